The Bertz CT molecular complexity index is 4670. The molecule has 0 aromatic heterocycles. The fourth-order valence-electron chi connectivity index (χ4n) is 14.6. The third-order valence-electron chi connectivity index (χ3n) is 18.0. The number of hydrogen-bond donors (Lipinski definition) is 0. The second-order valence-corrected chi connectivity index (χ2v) is 22.2. The van der Waals surface area contributed by atoms with Gasteiger partial charge in [0.25, 0.3) is 0 Å². The van der Waals surface area contributed by atoms with E-state index in [-0.39, 0.29) is 0 Å². The van der Waals surface area contributed by atoms with E-state index in [0.717, 1.165) is 90.1 Å². The monoisotopic (exact) mass is 1060 g/mol. The lowest BCUT2D eigenvalue weighted by molar-refractivity contribution is 0.436. The zero-order valence-corrected chi connectivity index (χ0v) is 45.2. The Morgan fingerprint density at radius 1 is 0.217 bits per heavy atom. The van der Waals surface area contributed by atoms with Gasteiger partial charge in [-0.3, -0.25) is 0 Å². The lowest BCUT2D eigenvalue weighted by Gasteiger charge is -2.39. The molecule has 0 saturated carbocycles. The summed E-state index contributed by atoms with van der Waals surface area (Å²) >= 11 is 0. The van der Waals surface area contributed by atoms with Crippen molar-refractivity contribution in [2.24, 2.45) is 0 Å². The molecule has 0 amide bonds. The number of nitrogens with zero attached hydrogens (tertiary/aromatic N) is 1. The van der Waals surface area contributed by atoms with Crippen LogP contribution in [0.2, 0.25) is 0 Å². The van der Waals surface area contributed by atoms with Crippen molar-refractivity contribution in [1.29, 1.82) is 0 Å². The van der Waals surface area contributed by atoms with Crippen molar-refractivity contribution < 1.29 is 9.47 Å². The lowest BCUT2D eigenvalue weighted by Crippen LogP contribution is -2.32. The second kappa shape index (κ2) is 18.4. The minimum absolute atomic E-state index is 0.538. The molecule has 0 unspecified atom stereocenters. The van der Waals surface area contributed by atoms with E-state index in [2.05, 4.69) is 314 Å². The number of anilines is 3. The molecule has 17 rings (SSSR count). The highest BCUT2D eigenvalue weighted by Crippen LogP contribution is 2.65. The average Bonchev–Trinajstić information content (AvgIpc) is 1.98. The molecule has 83 heavy (non-hydrogen) atoms. The Balaban J connectivity index is 0.844. The first-order valence-electron chi connectivity index (χ1n) is 28.6. The van der Waals surface area contributed by atoms with Crippen molar-refractivity contribution >= 4 is 17.1 Å². The van der Waals surface area contributed by atoms with Crippen LogP contribution in [0.1, 0.15) is 44.5 Å². The molecule has 2 aliphatic heterocycles. The largest absolute Gasteiger partial charge is 0.457 e. The molecule has 388 valence electrons. The number of ether oxygens (including phenoxy) is 2. The highest BCUT2D eigenvalue weighted by atomic mass is 16.5. The second-order valence-electron chi connectivity index (χ2n) is 22.2. The maximum Gasteiger partial charge on any atom is 0.132 e. The molecule has 0 bridgehead atoms. The van der Waals surface area contributed by atoms with Crippen LogP contribution >= 0.6 is 0 Å². The molecule has 2 spiro atoms. The van der Waals surface area contributed by atoms with Crippen LogP contribution < -0.4 is 14.4 Å². The van der Waals surface area contributed by atoms with Crippen molar-refractivity contribution in [2.75, 3.05) is 4.90 Å². The Morgan fingerprint density at radius 2 is 0.602 bits per heavy atom. The van der Waals surface area contributed by atoms with Gasteiger partial charge in [0, 0.05) is 39.2 Å². The van der Waals surface area contributed by atoms with Crippen LogP contribution in [0, 0.1) is 0 Å². The van der Waals surface area contributed by atoms with Crippen LogP contribution in [0.25, 0.3) is 66.8 Å². The third-order valence-corrected chi connectivity index (χ3v) is 18.0. The Hall–Kier alpha value is -10.7. The number of rotatable bonds is 7. The van der Waals surface area contributed by atoms with Gasteiger partial charge < -0.3 is 14.4 Å². The van der Waals surface area contributed by atoms with Crippen molar-refractivity contribution in [3.8, 4) is 89.8 Å². The van der Waals surface area contributed by atoms with Gasteiger partial charge >= 0.3 is 0 Å². The Labute approximate surface area is 483 Å². The Morgan fingerprint density at radius 3 is 1.23 bits per heavy atom. The van der Waals surface area contributed by atoms with Gasteiger partial charge in [-0.2, -0.15) is 0 Å². The van der Waals surface area contributed by atoms with Gasteiger partial charge in [-0.1, -0.05) is 249 Å². The van der Waals surface area contributed by atoms with Gasteiger partial charge in [0.05, 0.1) is 16.5 Å². The van der Waals surface area contributed by atoms with Gasteiger partial charge in [-0.25, -0.2) is 0 Å². The van der Waals surface area contributed by atoms with Crippen molar-refractivity contribution in [3.63, 3.8) is 0 Å². The minimum atomic E-state index is -0.577. The summed E-state index contributed by atoms with van der Waals surface area (Å²) < 4.78 is 13.4. The van der Waals surface area contributed by atoms with Crippen LogP contribution in [0.4, 0.5) is 17.1 Å². The molecule has 0 atom stereocenters. The van der Waals surface area contributed by atoms with Gasteiger partial charge in [-0.05, 0) is 144 Å². The van der Waals surface area contributed by atoms with E-state index in [9.17, 15) is 0 Å². The zero-order valence-electron chi connectivity index (χ0n) is 45.2. The predicted molar refractivity (Wildman–Crippen MR) is 338 cm³/mol. The predicted octanol–water partition coefficient (Wildman–Crippen LogP) is 20.8. The van der Waals surface area contributed by atoms with Gasteiger partial charge in [0.15, 0.2) is 0 Å². The molecule has 0 saturated heterocycles. The van der Waals surface area contributed by atoms with Crippen LogP contribution in [0.5, 0.6) is 23.0 Å². The maximum absolute atomic E-state index is 6.71. The fourth-order valence-corrected chi connectivity index (χ4v) is 14.6. The zero-order chi connectivity index (χ0) is 54.6. The van der Waals surface area contributed by atoms with E-state index >= 15 is 0 Å². The molecule has 2 aliphatic carbocycles. The summed E-state index contributed by atoms with van der Waals surface area (Å²) in [6.07, 6.45) is 0. The molecular weight excluding hydrogens is 1010 g/mol. The van der Waals surface area contributed by atoms with E-state index in [4.69, 9.17) is 9.47 Å². The van der Waals surface area contributed by atoms with Gasteiger partial charge in [-0.15, -0.1) is 0 Å². The average molecular weight is 1060 g/mol. The molecule has 2 heterocycles. The van der Waals surface area contributed by atoms with Gasteiger partial charge in [0.2, 0.25) is 0 Å². The van der Waals surface area contributed by atoms with Crippen molar-refractivity contribution in [2.45, 2.75) is 10.8 Å². The van der Waals surface area contributed by atoms with Crippen molar-refractivity contribution in [1.82, 2.24) is 0 Å². The van der Waals surface area contributed by atoms with Crippen LogP contribution in [0.15, 0.2) is 309 Å². The number of fused-ring (bicyclic) bond motifs is 18. The van der Waals surface area contributed by atoms with Crippen LogP contribution in [0.3, 0.4) is 0 Å². The molecule has 0 radical (unpaired) electrons. The molecule has 0 N–H and O–H groups in total. The first kappa shape index (κ1) is 47.1. The third kappa shape index (κ3) is 6.86. The van der Waals surface area contributed by atoms with E-state index in [1.54, 1.807) is 0 Å². The molecule has 13 aromatic carbocycles. The van der Waals surface area contributed by atoms with Crippen molar-refractivity contribution in [3.05, 3.63) is 354 Å². The summed E-state index contributed by atoms with van der Waals surface area (Å²) in [4.78, 5) is 2.46. The van der Waals surface area contributed by atoms with Gasteiger partial charge in [0.1, 0.15) is 23.0 Å². The molecular formula is C80H51NO2. The minimum Gasteiger partial charge on any atom is -0.457 e. The number of para-hydroxylation sites is 5. The molecule has 3 nitrogen and oxygen atoms in total. The summed E-state index contributed by atoms with van der Waals surface area (Å²) in [6, 6.07) is 113. The summed E-state index contributed by atoms with van der Waals surface area (Å²) in [5.41, 5.74) is 25.9. The van der Waals surface area contributed by atoms with E-state index in [1.165, 1.54) is 61.2 Å². The number of benzene rings is 13. The highest BCUT2D eigenvalue weighted by Gasteiger charge is 2.53. The van der Waals surface area contributed by atoms with E-state index in [1.807, 2.05) is 0 Å². The first-order valence-corrected chi connectivity index (χ1v) is 28.6. The Kier molecular flexibility index (Phi) is 10.4. The summed E-state index contributed by atoms with van der Waals surface area (Å²) in [5.74, 6) is 3.56. The maximum atomic E-state index is 6.71. The summed E-state index contributed by atoms with van der Waals surface area (Å²) in [7, 11) is 0. The first-order chi connectivity index (χ1) is 41.2. The topological polar surface area (TPSA) is 21.7 Å². The smallest absolute Gasteiger partial charge is 0.132 e. The molecule has 13 aromatic rings. The fraction of sp³-hybridized carbons (Fsp3) is 0.0250. The standard InChI is InChI=1S/C80H51NO2/c1-2-21-52(22-3-1)53-43-45-54(46-44-53)60-27-6-13-38-73(60)81(58-25-18-23-55(49-58)56-47-48-67-64(51-56)62-28-4-7-31-65(62)79(67)68-33-9-14-39-74(68)82-75-40-15-10-34-69(75)79)59-26-19-24-57(50-59)61-30-20-37-72-78(61)63-29-5-8-32-66(63)80(72)70-35-11-16-41-76(70)83-77-42-17-12-36-71(77)80/h1-51H. The van der Waals surface area contributed by atoms with E-state index in [0.29, 0.717) is 0 Å². The molecule has 4 aliphatic rings. The van der Waals surface area contributed by atoms with Crippen LogP contribution in [-0.2, 0) is 10.8 Å². The summed E-state index contributed by atoms with van der Waals surface area (Å²) in [5, 5.41) is 0. The normalized spacial score (nSPS) is 13.7. The van der Waals surface area contributed by atoms with Crippen LogP contribution in [-0.4, -0.2) is 0 Å². The highest BCUT2D eigenvalue weighted by molar-refractivity contribution is 5.99. The lowest BCUT2D eigenvalue weighted by atomic mass is 9.66. The van der Waals surface area contributed by atoms with E-state index < -0.39 is 10.8 Å². The quantitative estimate of drug-likeness (QED) is 0.159. The SMILES string of the molecule is c1ccc(-c2ccc(-c3ccccc3N(c3cccc(-c4ccc5c(c4)-c4ccccc4C54c5ccccc5Oc5ccccc54)c3)c3cccc(-c4cccc5c4-c4ccccc4C54c5ccccc5Oc5ccccc54)c3)cc2)cc1. The number of hydrogen-bond acceptors (Lipinski definition) is 3. The molecule has 3 heteroatoms. The summed E-state index contributed by atoms with van der Waals surface area (Å²) in [6.45, 7) is 0. The molecule has 0 fully saturated rings.